The van der Waals surface area contributed by atoms with Crippen LogP contribution in [0.4, 0.5) is 5.69 Å². The Morgan fingerprint density at radius 1 is 1.38 bits per heavy atom. The Bertz CT molecular complexity index is 464. The SMILES string of the molecule is Cc1ccc(NC(C)c2sccc2Br)cn1. The lowest BCUT2D eigenvalue weighted by atomic mass is 10.2. The van der Waals surface area contributed by atoms with Crippen LogP contribution in [0.15, 0.2) is 34.2 Å². The van der Waals surface area contributed by atoms with E-state index in [9.17, 15) is 0 Å². The van der Waals surface area contributed by atoms with Gasteiger partial charge in [-0.2, -0.15) is 0 Å². The largest absolute Gasteiger partial charge is 0.376 e. The molecular formula is C12H13BrN2S. The minimum Gasteiger partial charge on any atom is -0.376 e. The summed E-state index contributed by atoms with van der Waals surface area (Å²) in [4.78, 5) is 5.57. The number of rotatable bonds is 3. The summed E-state index contributed by atoms with van der Waals surface area (Å²) in [5.74, 6) is 0. The van der Waals surface area contributed by atoms with Crippen molar-refractivity contribution in [2.45, 2.75) is 19.9 Å². The number of nitrogens with one attached hydrogen (secondary N) is 1. The van der Waals surface area contributed by atoms with Crippen LogP contribution in [0.5, 0.6) is 0 Å². The highest BCUT2D eigenvalue weighted by molar-refractivity contribution is 9.10. The van der Waals surface area contributed by atoms with Crippen molar-refractivity contribution in [3.05, 3.63) is 44.8 Å². The van der Waals surface area contributed by atoms with Crippen LogP contribution in [0, 0.1) is 6.92 Å². The number of hydrogen-bond donors (Lipinski definition) is 1. The van der Waals surface area contributed by atoms with E-state index in [-0.39, 0.29) is 0 Å². The first-order chi connectivity index (χ1) is 7.66. The summed E-state index contributed by atoms with van der Waals surface area (Å²) in [6.45, 7) is 4.14. The second kappa shape index (κ2) is 4.97. The van der Waals surface area contributed by atoms with Gasteiger partial charge in [0.05, 0.1) is 17.9 Å². The lowest BCUT2D eigenvalue weighted by Crippen LogP contribution is -2.05. The zero-order valence-electron chi connectivity index (χ0n) is 9.20. The van der Waals surface area contributed by atoms with Crippen LogP contribution in [0.3, 0.4) is 0 Å². The van der Waals surface area contributed by atoms with Crippen molar-refractivity contribution < 1.29 is 0 Å². The molecule has 4 heteroatoms. The van der Waals surface area contributed by atoms with E-state index in [2.05, 4.69) is 50.7 Å². The number of thiophene rings is 1. The second-order valence-electron chi connectivity index (χ2n) is 3.69. The second-order valence-corrected chi connectivity index (χ2v) is 5.49. The molecule has 1 N–H and O–H groups in total. The van der Waals surface area contributed by atoms with E-state index < -0.39 is 0 Å². The Morgan fingerprint density at radius 2 is 2.19 bits per heavy atom. The van der Waals surface area contributed by atoms with Crippen LogP contribution in [0.1, 0.15) is 23.5 Å². The van der Waals surface area contributed by atoms with Gasteiger partial charge in [-0.1, -0.05) is 0 Å². The molecule has 2 aromatic heterocycles. The number of aryl methyl sites for hydroxylation is 1. The third-order valence-corrected chi connectivity index (χ3v) is 4.39. The van der Waals surface area contributed by atoms with Crippen molar-refractivity contribution in [3.63, 3.8) is 0 Å². The van der Waals surface area contributed by atoms with Gasteiger partial charge in [-0.15, -0.1) is 11.3 Å². The average molecular weight is 297 g/mol. The Morgan fingerprint density at radius 3 is 2.75 bits per heavy atom. The summed E-state index contributed by atoms with van der Waals surface area (Å²) < 4.78 is 1.16. The quantitative estimate of drug-likeness (QED) is 0.909. The van der Waals surface area contributed by atoms with Crippen molar-refractivity contribution in [3.8, 4) is 0 Å². The van der Waals surface area contributed by atoms with E-state index >= 15 is 0 Å². The van der Waals surface area contributed by atoms with Gasteiger partial charge in [-0.25, -0.2) is 0 Å². The fraction of sp³-hybridized carbons (Fsp3) is 0.250. The van der Waals surface area contributed by atoms with Gasteiger partial charge in [-0.3, -0.25) is 4.98 Å². The molecule has 2 nitrogen and oxygen atoms in total. The Labute approximate surface area is 108 Å². The molecule has 0 aliphatic carbocycles. The Kier molecular flexibility index (Phi) is 3.61. The highest BCUT2D eigenvalue weighted by Crippen LogP contribution is 2.30. The predicted octanol–water partition coefficient (Wildman–Crippen LogP) is 4.39. The van der Waals surface area contributed by atoms with Crippen LogP contribution < -0.4 is 5.32 Å². The summed E-state index contributed by atoms with van der Waals surface area (Å²) in [6, 6.07) is 6.43. The van der Waals surface area contributed by atoms with Crippen LogP contribution in [-0.4, -0.2) is 4.98 Å². The summed E-state index contributed by atoms with van der Waals surface area (Å²) in [7, 11) is 0. The number of hydrogen-bond acceptors (Lipinski definition) is 3. The lowest BCUT2D eigenvalue weighted by Gasteiger charge is -2.14. The van der Waals surface area contributed by atoms with Gasteiger partial charge in [0, 0.05) is 15.0 Å². The summed E-state index contributed by atoms with van der Waals surface area (Å²) in [5.41, 5.74) is 2.09. The topological polar surface area (TPSA) is 24.9 Å². The molecule has 16 heavy (non-hydrogen) atoms. The normalized spacial score (nSPS) is 12.4. The fourth-order valence-electron chi connectivity index (χ4n) is 1.48. The van der Waals surface area contributed by atoms with Gasteiger partial charge in [-0.05, 0) is 53.4 Å². The number of nitrogens with zero attached hydrogens (tertiary/aromatic N) is 1. The molecule has 0 radical (unpaired) electrons. The van der Waals surface area contributed by atoms with Crippen molar-refractivity contribution in [2.24, 2.45) is 0 Å². The molecule has 84 valence electrons. The molecule has 2 rings (SSSR count). The molecule has 0 amide bonds. The highest BCUT2D eigenvalue weighted by atomic mass is 79.9. The van der Waals surface area contributed by atoms with E-state index in [0.717, 1.165) is 15.9 Å². The molecular weight excluding hydrogens is 284 g/mol. The minimum atomic E-state index is 0.291. The third-order valence-electron chi connectivity index (χ3n) is 2.33. The molecule has 2 heterocycles. The summed E-state index contributed by atoms with van der Waals surface area (Å²) in [6.07, 6.45) is 1.87. The van der Waals surface area contributed by atoms with E-state index in [1.807, 2.05) is 19.2 Å². The Hall–Kier alpha value is -0.870. The first-order valence-corrected chi connectivity index (χ1v) is 6.76. The number of pyridine rings is 1. The zero-order valence-corrected chi connectivity index (χ0v) is 11.6. The monoisotopic (exact) mass is 296 g/mol. The third kappa shape index (κ3) is 2.62. The molecule has 0 aliphatic rings. The van der Waals surface area contributed by atoms with Gasteiger partial charge >= 0.3 is 0 Å². The maximum Gasteiger partial charge on any atom is 0.0590 e. The summed E-state index contributed by atoms with van der Waals surface area (Å²) in [5, 5.41) is 5.52. The number of halogens is 1. The van der Waals surface area contributed by atoms with Crippen LogP contribution in [0.2, 0.25) is 0 Å². The molecule has 0 aliphatic heterocycles. The molecule has 1 unspecified atom stereocenters. The van der Waals surface area contributed by atoms with Crippen LogP contribution in [-0.2, 0) is 0 Å². The smallest absolute Gasteiger partial charge is 0.0590 e. The van der Waals surface area contributed by atoms with Gasteiger partial charge in [0.25, 0.3) is 0 Å². The lowest BCUT2D eigenvalue weighted by molar-refractivity contribution is 0.900. The number of aromatic nitrogens is 1. The summed E-state index contributed by atoms with van der Waals surface area (Å²) >= 11 is 5.30. The van der Waals surface area contributed by atoms with Gasteiger partial charge < -0.3 is 5.32 Å². The van der Waals surface area contributed by atoms with E-state index in [4.69, 9.17) is 0 Å². The molecule has 0 saturated carbocycles. The van der Waals surface area contributed by atoms with Crippen molar-refractivity contribution in [2.75, 3.05) is 5.32 Å². The van der Waals surface area contributed by atoms with E-state index in [0.29, 0.717) is 6.04 Å². The first-order valence-electron chi connectivity index (χ1n) is 5.09. The molecule has 1 atom stereocenters. The molecule has 2 aromatic rings. The molecule has 0 aromatic carbocycles. The van der Waals surface area contributed by atoms with Crippen LogP contribution >= 0.6 is 27.3 Å². The van der Waals surface area contributed by atoms with Gasteiger partial charge in [0.1, 0.15) is 0 Å². The standard InChI is InChI=1S/C12H13BrN2S/c1-8-3-4-10(7-14-8)15-9(2)12-11(13)5-6-16-12/h3-7,9,15H,1-2H3. The van der Waals surface area contributed by atoms with Crippen molar-refractivity contribution in [1.29, 1.82) is 0 Å². The minimum absolute atomic E-state index is 0.291. The predicted molar refractivity (Wildman–Crippen MR) is 73.0 cm³/mol. The van der Waals surface area contributed by atoms with Crippen molar-refractivity contribution in [1.82, 2.24) is 4.98 Å². The van der Waals surface area contributed by atoms with E-state index in [1.165, 1.54) is 4.88 Å². The van der Waals surface area contributed by atoms with Gasteiger partial charge in [0.2, 0.25) is 0 Å². The van der Waals surface area contributed by atoms with E-state index in [1.54, 1.807) is 11.3 Å². The van der Waals surface area contributed by atoms with Gasteiger partial charge in [0.15, 0.2) is 0 Å². The highest BCUT2D eigenvalue weighted by Gasteiger charge is 2.10. The number of anilines is 1. The molecule has 0 spiro atoms. The fourth-order valence-corrected chi connectivity index (χ4v) is 3.21. The Balaban J connectivity index is 2.10. The average Bonchev–Trinajstić information content (AvgIpc) is 2.68. The first kappa shape index (κ1) is 11.6. The maximum absolute atomic E-state index is 4.27. The van der Waals surface area contributed by atoms with Crippen LogP contribution in [0.25, 0.3) is 0 Å². The molecule has 0 bridgehead atoms. The zero-order chi connectivity index (χ0) is 11.5. The van der Waals surface area contributed by atoms with Crippen molar-refractivity contribution >= 4 is 33.0 Å². The maximum atomic E-state index is 4.27. The molecule has 0 fully saturated rings. The molecule has 0 saturated heterocycles.